The number of carbonyl (C=O) groups is 1. The molecule has 5 nitrogen and oxygen atoms in total. The van der Waals surface area contributed by atoms with E-state index in [0.29, 0.717) is 13.1 Å². The molecule has 1 aromatic rings. The van der Waals surface area contributed by atoms with Crippen LogP contribution in [0.1, 0.15) is 32.3 Å². The summed E-state index contributed by atoms with van der Waals surface area (Å²) in [6, 6.07) is 7.76. The molecule has 0 aliphatic carbocycles. The van der Waals surface area contributed by atoms with Crippen LogP contribution in [0.15, 0.2) is 24.3 Å². The van der Waals surface area contributed by atoms with Gasteiger partial charge in [-0.2, -0.15) is 0 Å². The molecule has 0 saturated heterocycles. The van der Waals surface area contributed by atoms with Crippen LogP contribution in [0.5, 0.6) is 0 Å². The molecule has 0 N–H and O–H groups in total. The summed E-state index contributed by atoms with van der Waals surface area (Å²) >= 11 is 0. The van der Waals surface area contributed by atoms with Gasteiger partial charge in [0.15, 0.2) is 0 Å². The Kier molecular flexibility index (Phi) is 7.03. The molecule has 0 fully saturated rings. The first-order chi connectivity index (χ1) is 10.3. The van der Waals surface area contributed by atoms with Crippen molar-refractivity contribution < 1.29 is 13.2 Å². The van der Waals surface area contributed by atoms with Crippen molar-refractivity contribution in [2.24, 2.45) is 0 Å². The van der Waals surface area contributed by atoms with E-state index in [1.807, 2.05) is 45.0 Å². The van der Waals surface area contributed by atoms with Crippen LogP contribution in [0.2, 0.25) is 0 Å². The maximum atomic E-state index is 12.4. The lowest BCUT2D eigenvalue weighted by Crippen LogP contribution is -2.37. The van der Waals surface area contributed by atoms with E-state index < -0.39 is 10.0 Å². The molecule has 1 amide bonds. The highest BCUT2D eigenvalue weighted by Gasteiger charge is 2.19. The quantitative estimate of drug-likeness (QED) is 0.737. The second kappa shape index (κ2) is 8.29. The standard InChI is InChI=1S/C16H26N2O3S/c1-5-11-17(22(4,20)21)12-10-16(19)18(6-2)15-9-7-8-14(3)13-15/h7-9,13H,5-6,10-12H2,1-4H3. The minimum absolute atomic E-state index is 0.0575. The van der Waals surface area contributed by atoms with Gasteiger partial charge in [-0.3, -0.25) is 4.79 Å². The van der Waals surface area contributed by atoms with Crippen molar-refractivity contribution in [3.63, 3.8) is 0 Å². The minimum atomic E-state index is -3.26. The van der Waals surface area contributed by atoms with Gasteiger partial charge in [0.05, 0.1) is 6.26 Å². The molecule has 22 heavy (non-hydrogen) atoms. The molecule has 124 valence electrons. The average Bonchev–Trinajstić information content (AvgIpc) is 2.43. The van der Waals surface area contributed by atoms with E-state index in [1.54, 1.807) is 4.90 Å². The SMILES string of the molecule is CCCN(CCC(=O)N(CC)c1cccc(C)c1)S(C)(=O)=O. The molecule has 0 radical (unpaired) electrons. The number of rotatable bonds is 8. The predicted octanol–water partition coefficient (Wildman–Crippen LogP) is 2.41. The van der Waals surface area contributed by atoms with E-state index in [2.05, 4.69) is 0 Å². The lowest BCUT2D eigenvalue weighted by Gasteiger charge is -2.24. The topological polar surface area (TPSA) is 57.7 Å². The smallest absolute Gasteiger partial charge is 0.228 e. The fourth-order valence-corrected chi connectivity index (χ4v) is 3.28. The van der Waals surface area contributed by atoms with Gasteiger partial charge in [0.25, 0.3) is 0 Å². The monoisotopic (exact) mass is 326 g/mol. The number of sulfonamides is 1. The van der Waals surface area contributed by atoms with Crippen molar-refractivity contribution in [2.45, 2.75) is 33.6 Å². The average molecular weight is 326 g/mol. The number of amides is 1. The molecule has 0 aliphatic rings. The first-order valence-electron chi connectivity index (χ1n) is 7.61. The third-order valence-corrected chi connectivity index (χ3v) is 4.75. The fraction of sp³-hybridized carbons (Fsp3) is 0.562. The first-order valence-corrected chi connectivity index (χ1v) is 9.46. The highest BCUT2D eigenvalue weighted by molar-refractivity contribution is 7.88. The van der Waals surface area contributed by atoms with Crippen LogP contribution in [-0.2, 0) is 14.8 Å². The van der Waals surface area contributed by atoms with E-state index in [1.165, 1.54) is 10.6 Å². The molecule has 0 atom stereocenters. The molecule has 0 spiro atoms. The molecule has 0 unspecified atom stereocenters. The number of carbonyl (C=O) groups excluding carboxylic acids is 1. The summed E-state index contributed by atoms with van der Waals surface area (Å²) in [5.74, 6) is -0.0575. The van der Waals surface area contributed by atoms with Gasteiger partial charge in [-0.15, -0.1) is 0 Å². The van der Waals surface area contributed by atoms with Gasteiger partial charge in [0, 0.05) is 31.7 Å². The van der Waals surface area contributed by atoms with Gasteiger partial charge in [-0.25, -0.2) is 12.7 Å². The minimum Gasteiger partial charge on any atom is -0.313 e. The molecule has 0 aromatic heterocycles. The van der Waals surface area contributed by atoms with Gasteiger partial charge >= 0.3 is 0 Å². The van der Waals surface area contributed by atoms with Crippen molar-refractivity contribution >= 4 is 21.6 Å². The predicted molar refractivity (Wildman–Crippen MR) is 90.5 cm³/mol. The zero-order valence-corrected chi connectivity index (χ0v) is 14.7. The Morgan fingerprint density at radius 2 is 1.86 bits per heavy atom. The summed E-state index contributed by atoms with van der Waals surface area (Å²) in [5.41, 5.74) is 1.95. The number of nitrogens with zero attached hydrogens (tertiary/aromatic N) is 2. The van der Waals surface area contributed by atoms with Crippen LogP contribution in [0.4, 0.5) is 5.69 Å². The maximum Gasteiger partial charge on any atom is 0.228 e. The van der Waals surface area contributed by atoms with Gasteiger partial charge in [0.2, 0.25) is 15.9 Å². The van der Waals surface area contributed by atoms with Gasteiger partial charge in [-0.05, 0) is 38.0 Å². The molecule has 6 heteroatoms. The molecule has 0 bridgehead atoms. The van der Waals surface area contributed by atoms with E-state index in [0.717, 1.165) is 17.7 Å². The largest absolute Gasteiger partial charge is 0.313 e. The highest BCUT2D eigenvalue weighted by atomic mass is 32.2. The lowest BCUT2D eigenvalue weighted by molar-refractivity contribution is -0.118. The number of hydrogen-bond donors (Lipinski definition) is 0. The summed E-state index contributed by atoms with van der Waals surface area (Å²) in [4.78, 5) is 14.1. The summed E-state index contributed by atoms with van der Waals surface area (Å²) < 4.78 is 24.7. The van der Waals surface area contributed by atoms with Gasteiger partial charge in [-0.1, -0.05) is 19.1 Å². The Bertz CT molecular complexity index is 599. The Labute approximate surface area is 134 Å². The van der Waals surface area contributed by atoms with Gasteiger partial charge < -0.3 is 4.90 Å². The van der Waals surface area contributed by atoms with E-state index in [-0.39, 0.29) is 18.9 Å². The zero-order chi connectivity index (χ0) is 16.8. The molecule has 1 rings (SSSR count). The maximum absolute atomic E-state index is 12.4. The van der Waals surface area contributed by atoms with Crippen molar-refractivity contribution in [3.8, 4) is 0 Å². The van der Waals surface area contributed by atoms with E-state index >= 15 is 0 Å². The number of benzene rings is 1. The molecule has 1 aromatic carbocycles. The summed E-state index contributed by atoms with van der Waals surface area (Å²) in [7, 11) is -3.26. The Morgan fingerprint density at radius 3 is 2.36 bits per heavy atom. The zero-order valence-electron chi connectivity index (χ0n) is 13.9. The van der Waals surface area contributed by atoms with Crippen molar-refractivity contribution in [1.29, 1.82) is 0 Å². The third kappa shape index (κ3) is 5.42. The van der Waals surface area contributed by atoms with E-state index in [4.69, 9.17) is 0 Å². The van der Waals surface area contributed by atoms with Crippen LogP contribution in [0, 0.1) is 6.92 Å². The normalized spacial score (nSPS) is 11.7. The van der Waals surface area contributed by atoms with Gasteiger partial charge in [0.1, 0.15) is 0 Å². The molecular formula is C16H26N2O3S. The fourth-order valence-electron chi connectivity index (χ4n) is 2.35. The number of hydrogen-bond acceptors (Lipinski definition) is 3. The Balaban J connectivity index is 2.77. The summed E-state index contributed by atoms with van der Waals surface area (Å²) in [6.45, 7) is 7.06. The summed E-state index contributed by atoms with van der Waals surface area (Å²) in [6.07, 6.45) is 2.11. The second-order valence-corrected chi connectivity index (χ2v) is 7.37. The summed E-state index contributed by atoms with van der Waals surface area (Å²) in [5, 5.41) is 0. The number of anilines is 1. The third-order valence-electron chi connectivity index (χ3n) is 3.45. The van der Waals surface area contributed by atoms with Crippen molar-refractivity contribution in [1.82, 2.24) is 4.31 Å². The molecule has 0 aliphatic heterocycles. The first kappa shape index (κ1) is 18.6. The Morgan fingerprint density at radius 1 is 1.18 bits per heavy atom. The number of aryl methyl sites for hydroxylation is 1. The van der Waals surface area contributed by atoms with Crippen LogP contribution in [-0.4, -0.2) is 44.5 Å². The van der Waals surface area contributed by atoms with Crippen molar-refractivity contribution in [2.75, 3.05) is 30.8 Å². The Hall–Kier alpha value is -1.40. The van der Waals surface area contributed by atoms with Crippen LogP contribution >= 0.6 is 0 Å². The highest BCUT2D eigenvalue weighted by Crippen LogP contribution is 2.17. The van der Waals surface area contributed by atoms with Crippen LogP contribution in [0.25, 0.3) is 0 Å². The van der Waals surface area contributed by atoms with Crippen LogP contribution in [0.3, 0.4) is 0 Å². The lowest BCUT2D eigenvalue weighted by atomic mass is 10.2. The molecule has 0 heterocycles. The molecular weight excluding hydrogens is 300 g/mol. The van der Waals surface area contributed by atoms with Crippen molar-refractivity contribution in [3.05, 3.63) is 29.8 Å². The van der Waals surface area contributed by atoms with Crippen LogP contribution < -0.4 is 4.90 Å². The van der Waals surface area contributed by atoms with E-state index in [9.17, 15) is 13.2 Å². The second-order valence-electron chi connectivity index (χ2n) is 5.39. The molecule has 0 saturated carbocycles.